The van der Waals surface area contributed by atoms with E-state index >= 15 is 0 Å². The highest BCUT2D eigenvalue weighted by Crippen LogP contribution is 2.18. The largest absolute Gasteiger partial charge is 0.377 e. The van der Waals surface area contributed by atoms with Gasteiger partial charge in [-0.25, -0.2) is 0 Å². The van der Waals surface area contributed by atoms with Crippen LogP contribution in [0.4, 0.5) is 0 Å². The molecule has 2 unspecified atom stereocenters. The van der Waals surface area contributed by atoms with E-state index in [1.165, 1.54) is 6.42 Å². The van der Waals surface area contributed by atoms with E-state index in [9.17, 15) is 0 Å². The molecule has 1 aliphatic heterocycles. The molecule has 1 saturated heterocycles. The molecule has 1 heterocycles. The van der Waals surface area contributed by atoms with E-state index in [-0.39, 0.29) is 0 Å². The maximum atomic E-state index is 5.36. The Morgan fingerprint density at radius 3 is 3.00 bits per heavy atom. The van der Waals surface area contributed by atoms with E-state index in [2.05, 4.69) is 5.92 Å². The molecule has 0 bridgehead atoms. The van der Waals surface area contributed by atoms with Gasteiger partial charge >= 0.3 is 0 Å². The van der Waals surface area contributed by atoms with Gasteiger partial charge in [-0.15, -0.1) is 12.3 Å². The molecule has 1 rings (SSSR count). The Kier molecular flexibility index (Phi) is 2.13. The first kappa shape index (κ1) is 6.64. The Bertz CT molecular complexity index is 117. The van der Waals surface area contributed by atoms with Crippen molar-refractivity contribution in [3.8, 4) is 12.3 Å². The first-order valence-corrected chi connectivity index (χ1v) is 3.42. The van der Waals surface area contributed by atoms with Crippen LogP contribution < -0.4 is 0 Å². The van der Waals surface area contributed by atoms with E-state index in [0.29, 0.717) is 12.0 Å². The van der Waals surface area contributed by atoms with Gasteiger partial charge in [-0.1, -0.05) is 0 Å². The molecule has 1 nitrogen and oxygen atoms in total. The van der Waals surface area contributed by atoms with Crippen LogP contribution in [0, 0.1) is 18.3 Å². The number of rotatable bonds is 1. The van der Waals surface area contributed by atoms with Crippen LogP contribution in [0.1, 0.15) is 19.8 Å². The Balaban J connectivity index is 2.34. The molecule has 1 heteroatoms. The normalized spacial score (nSPS) is 29.6. The molecule has 0 N–H and O–H groups in total. The summed E-state index contributed by atoms with van der Waals surface area (Å²) in [5, 5.41) is 0. The highest BCUT2D eigenvalue weighted by atomic mass is 16.5. The van der Waals surface area contributed by atoms with Gasteiger partial charge in [-0.3, -0.25) is 0 Å². The Morgan fingerprint density at radius 1 is 1.78 bits per heavy atom. The number of terminal acetylenes is 1. The topological polar surface area (TPSA) is 9.23 Å². The summed E-state index contributed by atoms with van der Waals surface area (Å²) in [4.78, 5) is 0. The van der Waals surface area contributed by atoms with Crippen molar-refractivity contribution in [2.24, 2.45) is 5.92 Å². The lowest BCUT2D eigenvalue weighted by atomic mass is 10.0. The Morgan fingerprint density at radius 2 is 2.56 bits per heavy atom. The second kappa shape index (κ2) is 2.89. The van der Waals surface area contributed by atoms with Gasteiger partial charge in [-0.05, 0) is 19.8 Å². The number of hydrogen-bond acceptors (Lipinski definition) is 1. The SMILES string of the molecule is C#CC(C)C1CCCO1. The molecule has 9 heavy (non-hydrogen) atoms. The molecule has 0 radical (unpaired) electrons. The second-order valence-corrected chi connectivity index (χ2v) is 2.51. The minimum atomic E-state index is 0.299. The highest BCUT2D eigenvalue weighted by Gasteiger charge is 2.19. The van der Waals surface area contributed by atoms with Gasteiger partial charge < -0.3 is 4.74 Å². The molecule has 0 saturated carbocycles. The molecule has 2 atom stereocenters. The summed E-state index contributed by atoms with van der Waals surface area (Å²) in [6.07, 6.45) is 7.89. The van der Waals surface area contributed by atoms with Crippen LogP contribution in [-0.2, 0) is 4.74 Å². The average Bonchev–Trinajstić information content (AvgIpc) is 2.37. The lowest BCUT2D eigenvalue weighted by Crippen LogP contribution is -2.14. The molecule has 1 fully saturated rings. The Hall–Kier alpha value is -0.480. The quantitative estimate of drug-likeness (QED) is 0.480. The fourth-order valence-corrected chi connectivity index (χ4v) is 1.10. The van der Waals surface area contributed by atoms with Crippen LogP contribution in [-0.4, -0.2) is 12.7 Å². The van der Waals surface area contributed by atoms with Gasteiger partial charge in [0.05, 0.1) is 6.10 Å². The summed E-state index contributed by atoms with van der Waals surface area (Å²) in [5.74, 6) is 2.98. The van der Waals surface area contributed by atoms with Crippen molar-refractivity contribution in [2.45, 2.75) is 25.9 Å². The fourth-order valence-electron chi connectivity index (χ4n) is 1.10. The van der Waals surface area contributed by atoms with Gasteiger partial charge in [0.2, 0.25) is 0 Å². The summed E-state index contributed by atoms with van der Waals surface area (Å²) in [5.41, 5.74) is 0. The van der Waals surface area contributed by atoms with Gasteiger partial charge in [0.1, 0.15) is 0 Å². The van der Waals surface area contributed by atoms with Crippen LogP contribution in [0.15, 0.2) is 0 Å². The van der Waals surface area contributed by atoms with Crippen molar-refractivity contribution in [3.63, 3.8) is 0 Å². The zero-order valence-electron chi connectivity index (χ0n) is 5.76. The zero-order chi connectivity index (χ0) is 6.69. The smallest absolute Gasteiger partial charge is 0.0710 e. The minimum Gasteiger partial charge on any atom is -0.377 e. The first-order chi connectivity index (χ1) is 4.34. The summed E-state index contributed by atoms with van der Waals surface area (Å²) in [6, 6.07) is 0. The van der Waals surface area contributed by atoms with Gasteiger partial charge in [-0.2, -0.15) is 0 Å². The summed E-state index contributed by atoms with van der Waals surface area (Å²) in [6.45, 7) is 2.94. The zero-order valence-corrected chi connectivity index (χ0v) is 5.76. The highest BCUT2D eigenvalue weighted by molar-refractivity contribution is 4.95. The first-order valence-electron chi connectivity index (χ1n) is 3.42. The van der Waals surface area contributed by atoms with Crippen molar-refractivity contribution in [1.29, 1.82) is 0 Å². The summed E-state index contributed by atoms with van der Waals surface area (Å²) < 4.78 is 5.36. The molecule has 0 amide bonds. The number of ether oxygens (including phenoxy) is 1. The van der Waals surface area contributed by atoms with Gasteiger partial charge in [0.25, 0.3) is 0 Å². The van der Waals surface area contributed by atoms with Crippen molar-refractivity contribution in [2.75, 3.05) is 6.61 Å². The van der Waals surface area contributed by atoms with Crippen LogP contribution in [0.3, 0.4) is 0 Å². The predicted octanol–water partition coefficient (Wildman–Crippen LogP) is 1.43. The molecule has 0 aromatic heterocycles. The van der Waals surface area contributed by atoms with Crippen LogP contribution in [0.25, 0.3) is 0 Å². The maximum absolute atomic E-state index is 5.36. The molecule has 0 aromatic rings. The lowest BCUT2D eigenvalue weighted by molar-refractivity contribution is 0.0874. The van der Waals surface area contributed by atoms with Gasteiger partial charge in [0, 0.05) is 12.5 Å². The number of hydrogen-bond donors (Lipinski definition) is 0. The van der Waals surface area contributed by atoms with Gasteiger partial charge in [0.15, 0.2) is 0 Å². The van der Waals surface area contributed by atoms with Crippen LogP contribution in [0.2, 0.25) is 0 Å². The van der Waals surface area contributed by atoms with E-state index < -0.39 is 0 Å². The third kappa shape index (κ3) is 1.46. The average molecular weight is 124 g/mol. The third-order valence-electron chi connectivity index (χ3n) is 1.79. The fraction of sp³-hybridized carbons (Fsp3) is 0.750. The third-order valence-corrected chi connectivity index (χ3v) is 1.79. The molecule has 0 aromatic carbocycles. The van der Waals surface area contributed by atoms with Crippen molar-refractivity contribution in [3.05, 3.63) is 0 Å². The van der Waals surface area contributed by atoms with Crippen LogP contribution in [0.5, 0.6) is 0 Å². The second-order valence-electron chi connectivity index (χ2n) is 2.51. The van der Waals surface area contributed by atoms with E-state index in [0.717, 1.165) is 13.0 Å². The van der Waals surface area contributed by atoms with E-state index in [4.69, 9.17) is 11.2 Å². The predicted molar refractivity (Wildman–Crippen MR) is 37.0 cm³/mol. The van der Waals surface area contributed by atoms with E-state index in [1.807, 2.05) is 6.92 Å². The Labute approximate surface area is 56.4 Å². The van der Waals surface area contributed by atoms with E-state index in [1.54, 1.807) is 0 Å². The monoisotopic (exact) mass is 124 g/mol. The molecule has 1 aliphatic rings. The molecule has 0 spiro atoms. The minimum absolute atomic E-state index is 0.299. The van der Waals surface area contributed by atoms with Crippen LogP contribution >= 0.6 is 0 Å². The van der Waals surface area contributed by atoms with Crippen molar-refractivity contribution in [1.82, 2.24) is 0 Å². The standard InChI is InChI=1S/C8H12O/c1-3-7(2)8-5-4-6-9-8/h1,7-8H,4-6H2,2H3. The summed E-state index contributed by atoms with van der Waals surface area (Å²) >= 11 is 0. The van der Waals surface area contributed by atoms with Crippen molar-refractivity contribution >= 4 is 0 Å². The molecular formula is C8H12O. The molecular weight excluding hydrogens is 112 g/mol. The lowest BCUT2D eigenvalue weighted by Gasteiger charge is -2.11. The molecule has 0 aliphatic carbocycles. The summed E-state index contributed by atoms with van der Waals surface area (Å²) in [7, 11) is 0. The molecule has 50 valence electrons. The maximum Gasteiger partial charge on any atom is 0.0710 e. The van der Waals surface area contributed by atoms with Crippen molar-refractivity contribution < 1.29 is 4.74 Å².